The second-order valence-electron chi connectivity index (χ2n) is 24.1. The Kier molecular flexibility index (Phi) is 11.8. The standard InChI is InChI=1S/C27H41NO2.C27H39NO2.2CH4/c2*1-15-11-24-25(28-14-15)17(3)27(30-24)10-8-20-21-6-5-18-12-19(29)7-9-26(18,4)23(21)13-22(20)16(27)2;;/h5,15,17,19-21,23-25,28-29H,6-14H2,1-4H3;12,15,17,20-21,23-25,28H,5-11,13-14H2,1-4H3;2*1H4/t15-,17+,19?,20-,21-,23-,24+,25-,26-,27-;15-,17+,20-,21-,23-,24+,25-,26-,27-;;/m00../s1. The van der Waals surface area contributed by atoms with Gasteiger partial charge in [-0.05, 0) is 199 Å². The molecule has 0 radical (unpaired) electrons. The van der Waals surface area contributed by atoms with Crippen LogP contribution in [-0.2, 0) is 14.3 Å². The first-order chi connectivity index (χ1) is 28.7. The number of ether oxygens (including phenoxy) is 2. The van der Waals surface area contributed by atoms with Crippen LogP contribution in [0.5, 0.6) is 0 Å². The predicted molar refractivity (Wildman–Crippen MR) is 253 cm³/mol. The van der Waals surface area contributed by atoms with E-state index < -0.39 is 0 Å². The van der Waals surface area contributed by atoms with Crippen LogP contribution in [0.1, 0.15) is 173 Å². The number of allylic oxidation sites excluding steroid dienone is 5. The topological polar surface area (TPSA) is 79.8 Å². The predicted octanol–water partition coefficient (Wildman–Crippen LogP) is 11.5. The molecule has 0 aromatic rings. The van der Waals surface area contributed by atoms with Crippen LogP contribution in [-0.4, -0.2) is 65.6 Å². The van der Waals surface area contributed by atoms with Crippen LogP contribution in [0.3, 0.4) is 0 Å². The molecule has 346 valence electrons. The van der Waals surface area contributed by atoms with Crippen LogP contribution in [0, 0.1) is 70.0 Å². The van der Waals surface area contributed by atoms with Crippen molar-refractivity contribution in [2.75, 3.05) is 13.1 Å². The number of carbonyl (C=O) groups excluding carboxylic acids is 1. The fourth-order valence-electron chi connectivity index (χ4n) is 18.1. The first-order valence-electron chi connectivity index (χ1n) is 25.5. The Bertz CT molecular complexity index is 1910. The normalized spacial score (nSPS) is 52.1. The zero-order valence-corrected chi connectivity index (χ0v) is 38.7. The van der Waals surface area contributed by atoms with Gasteiger partial charge < -0.3 is 25.2 Å². The van der Waals surface area contributed by atoms with Crippen LogP contribution in [0.25, 0.3) is 0 Å². The number of rotatable bonds is 0. The first kappa shape index (κ1) is 45.6. The molecule has 0 aromatic heterocycles. The molecule has 6 nitrogen and oxygen atoms in total. The Morgan fingerprint density at radius 3 is 1.77 bits per heavy atom. The van der Waals surface area contributed by atoms with Crippen LogP contribution >= 0.6 is 0 Å². The van der Waals surface area contributed by atoms with Crippen molar-refractivity contribution in [1.82, 2.24) is 10.6 Å². The van der Waals surface area contributed by atoms with E-state index in [0.29, 0.717) is 53.2 Å². The Morgan fingerprint density at radius 1 is 0.661 bits per heavy atom. The number of aliphatic hydroxyl groups is 1. The summed E-state index contributed by atoms with van der Waals surface area (Å²) in [4.78, 5) is 12.1. The van der Waals surface area contributed by atoms with Crippen LogP contribution in [0.4, 0.5) is 0 Å². The van der Waals surface area contributed by atoms with Gasteiger partial charge in [-0.1, -0.05) is 84.8 Å². The van der Waals surface area contributed by atoms with E-state index in [-0.39, 0.29) is 37.6 Å². The van der Waals surface area contributed by atoms with Gasteiger partial charge in [0.25, 0.3) is 0 Å². The second kappa shape index (κ2) is 16.1. The maximum Gasteiger partial charge on any atom is 0.155 e. The lowest BCUT2D eigenvalue weighted by atomic mass is 9.56. The van der Waals surface area contributed by atoms with E-state index >= 15 is 0 Å². The third-order valence-corrected chi connectivity index (χ3v) is 21.6. The molecule has 12 aliphatic rings. The van der Waals surface area contributed by atoms with Gasteiger partial charge >= 0.3 is 0 Å². The molecule has 12 rings (SSSR count). The van der Waals surface area contributed by atoms with Crippen molar-refractivity contribution >= 4 is 5.78 Å². The fourth-order valence-corrected chi connectivity index (χ4v) is 18.1. The quantitative estimate of drug-likeness (QED) is 0.211. The Morgan fingerprint density at radius 2 is 1.19 bits per heavy atom. The molecule has 0 aromatic carbocycles. The minimum atomic E-state index is -0.111. The van der Waals surface area contributed by atoms with Gasteiger partial charge in [0, 0.05) is 30.3 Å². The largest absolute Gasteiger partial charge is 0.393 e. The van der Waals surface area contributed by atoms with E-state index in [1.807, 2.05) is 6.08 Å². The summed E-state index contributed by atoms with van der Waals surface area (Å²) in [6.07, 6.45) is 23.8. The van der Waals surface area contributed by atoms with E-state index in [4.69, 9.17) is 9.47 Å². The third-order valence-electron chi connectivity index (χ3n) is 21.6. The molecule has 8 fully saturated rings. The van der Waals surface area contributed by atoms with Crippen molar-refractivity contribution in [3.63, 3.8) is 0 Å². The maximum absolute atomic E-state index is 12.1. The SMILES string of the molecule is C.C.CC1=C2C[C@H]3[C@@H](CC=C4CC(O)CC[C@@]43C)[C@@H]2CC[C@]12O[C@@H]1C[C@H](C)CN[C@H]1[C@H]2C.CC1=C2C[C@H]3[C@@H](CCC4=CC(=O)CC[C@@]43C)[C@@H]2CC[C@]12O[C@@H]1C[C@H](C)CN[C@H]1[C@H]2C. The van der Waals surface area contributed by atoms with E-state index in [1.165, 1.54) is 76.2 Å². The maximum atomic E-state index is 12.1. The summed E-state index contributed by atoms with van der Waals surface area (Å²) >= 11 is 0. The number of hydrogen-bond acceptors (Lipinski definition) is 6. The lowest BCUT2D eigenvalue weighted by Crippen LogP contribution is -2.49. The molecule has 1 unspecified atom stereocenters. The van der Waals surface area contributed by atoms with E-state index in [9.17, 15) is 9.90 Å². The van der Waals surface area contributed by atoms with Gasteiger partial charge in [0.1, 0.15) is 0 Å². The Labute approximate surface area is 377 Å². The van der Waals surface area contributed by atoms with Gasteiger partial charge in [0.15, 0.2) is 5.78 Å². The zero-order valence-electron chi connectivity index (χ0n) is 38.7. The smallest absolute Gasteiger partial charge is 0.155 e. The number of aliphatic hydroxyl groups excluding tert-OH is 1. The highest BCUT2D eigenvalue weighted by Crippen LogP contribution is 2.67. The number of carbonyl (C=O) groups is 1. The van der Waals surface area contributed by atoms with Gasteiger partial charge in [-0.2, -0.15) is 0 Å². The molecule has 4 heterocycles. The van der Waals surface area contributed by atoms with Crippen molar-refractivity contribution in [2.45, 2.75) is 215 Å². The number of ketones is 1. The van der Waals surface area contributed by atoms with E-state index in [0.717, 1.165) is 86.6 Å². The second-order valence-corrected chi connectivity index (χ2v) is 24.1. The minimum absolute atomic E-state index is 0. The van der Waals surface area contributed by atoms with Gasteiger partial charge in [-0.15, -0.1) is 0 Å². The summed E-state index contributed by atoms with van der Waals surface area (Å²) in [7, 11) is 0. The minimum Gasteiger partial charge on any atom is -0.393 e. The summed E-state index contributed by atoms with van der Waals surface area (Å²) < 4.78 is 14.0. The molecule has 19 atom stereocenters. The molecule has 2 spiro atoms. The summed E-state index contributed by atoms with van der Waals surface area (Å²) in [6.45, 7) is 21.8. The van der Waals surface area contributed by atoms with Crippen molar-refractivity contribution in [3.05, 3.63) is 45.6 Å². The summed E-state index contributed by atoms with van der Waals surface area (Å²) in [5.41, 5.74) is 10.3. The molecule has 6 heteroatoms. The molecule has 4 saturated carbocycles. The molecule has 0 bridgehead atoms. The molecule has 4 aliphatic heterocycles. The van der Waals surface area contributed by atoms with Gasteiger partial charge in [0.2, 0.25) is 0 Å². The molecule has 4 saturated heterocycles. The average molecular weight is 853 g/mol. The molecule has 3 N–H and O–H groups in total. The molecule has 0 amide bonds. The van der Waals surface area contributed by atoms with Crippen LogP contribution in [0.15, 0.2) is 45.6 Å². The van der Waals surface area contributed by atoms with Crippen molar-refractivity contribution in [3.8, 4) is 0 Å². The number of hydrogen-bond donors (Lipinski definition) is 3. The molecule has 62 heavy (non-hydrogen) atoms. The fraction of sp³-hybridized carbons (Fsp3) is 0.839. The average Bonchev–Trinajstić information content (AvgIpc) is 3.95. The van der Waals surface area contributed by atoms with Crippen LogP contribution in [0.2, 0.25) is 0 Å². The monoisotopic (exact) mass is 853 g/mol. The molecular weight excluding hydrogens is 765 g/mol. The van der Waals surface area contributed by atoms with Gasteiger partial charge in [0.05, 0.1) is 29.5 Å². The van der Waals surface area contributed by atoms with Crippen molar-refractivity contribution in [1.29, 1.82) is 0 Å². The highest BCUT2D eigenvalue weighted by Gasteiger charge is 2.63. The summed E-state index contributed by atoms with van der Waals surface area (Å²) in [6, 6.07) is 1.05. The van der Waals surface area contributed by atoms with Crippen molar-refractivity contribution in [2.24, 2.45) is 70.0 Å². The van der Waals surface area contributed by atoms with Gasteiger partial charge in [-0.25, -0.2) is 0 Å². The van der Waals surface area contributed by atoms with Crippen molar-refractivity contribution < 1.29 is 19.4 Å². The van der Waals surface area contributed by atoms with Gasteiger partial charge in [-0.3, -0.25) is 4.79 Å². The Balaban J connectivity index is 0.000000153. The zero-order chi connectivity index (χ0) is 41.7. The molecule has 8 aliphatic carbocycles. The summed E-state index contributed by atoms with van der Waals surface area (Å²) in [5.74, 6) is 7.60. The number of nitrogens with one attached hydrogen (secondary N) is 2. The Hall–Kier alpha value is -1.57. The lowest BCUT2D eigenvalue weighted by molar-refractivity contribution is -0.116. The number of fused-ring (bicyclic) bond motifs is 12. The number of piperidine rings is 2. The highest BCUT2D eigenvalue weighted by atomic mass is 16.5. The van der Waals surface area contributed by atoms with E-state index in [1.54, 1.807) is 27.9 Å². The first-order valence-corrected chi connectivity index (χ1v) is 25.5. The lowest BCUT2D eigenvalue weighted by Gasteiger charge is -2.49. The summed E-state index contributed by atoms with van der Waals surface area (Å²) in [5, 5.41) is 18.0. The van der Waals surface area contributed by atoms with E-state index in [2.05, 4.69) is 72.1 Å². The van der Waals surface area contributed by atoms with Crippen LogP contribution < -0.4 is 10.6 Å². The molecular formula is C56H88N2O4. The third kappa shape index (κ3) is 6.48. The highest BCUT2D eigenvalue weighted by molar-refractivity contribution is 5.91.